The van der Waals surface area contributed by atoms with Crippen LogP contribution in [0.4, 0.5) is 5.69 Å². The highest BCUT2D eigenvalue weighted by Gasteiger charge is 2.34. The summed E-state index contributed by atoms with van der Waals surface area (Å²) in [6.07, 6.45) is 0. The number of rotatable bonds is 3. The Kier molecular flexibility index (Phi) is 4.80. The molecule has 1 atom stereocenters. The second-order valence-corrected chi connectivity index (χ2v) is 5.05. The molecule has 0 radical (unpaired) electrons. The molecule has 1 aliphatic rings. The fourth-order valence-electron chi connectivity index (χ4n) is 2.25. The standard InChI is InChI=1S/C15H20N2O4/c1-16(2)12-6-4-11(5-7-12)14(18)17-8-9-21-10-13(17)15(19)20-3/h4-7,13H,8-10H2,1-3H3. The molecule has 6 nitrogen and oxygen atoms in total. The van der Waals surface area contributed by atoms with Crippen LogP contribution >= 0.6 is 0 Å². The summed E-state index contributed by atoms with van der Waals surface area (Å²) in [7, 11) is 5.18. The Balaban J connectivity index is 2.18. The van der Waals surface area contributed by atoms with Gasteiger partial charge in [0.2, 0.25) is 0 Å². The minimum Gasteiger partial charge on any atom is -0.467 e. The highest BCUT2D eigenvalue weighted by Crippen LogP contribution is 2.17. The molecule has 6 heteroatoms. The van der Waals surface area contributed by atoms with Crippen molar-refractivity contribution < 1.29 is 19.1 Å². The zero-order chi connectivity index (χ0) is 15.4. The molecule has 1 aliphatic heterocycles. The number of ether oxygens (including phenoxy) is 2. The molecule has 0 aromatic heterocycles. The molecule has 1 saturated heterocycles. The van der Waals surface area contributed by atoms with Crippen LogP contribution in [0.2, 0.25) is 0 Å². The number of anilines is 1. The molecule has 0 spiro atoms. The highest BCUT2D eigenvalue weighted by molar-refractivity contribution is 5.97. The van der Waals surface area contributed by atoms with E-state index in [1.54, 1.807) is 12.1 Å². The first-order valence-corrected chi connectivity index (χ1v) is 6.78. The van der Waals surface area contributed by atoms with Crippen LogP contribution in [0.1, 0.15) is 10.4 Å². The van der Waals surface area contributed by atoms with Crippen molar-refractivity contribution in [2.24, 2.45) is 0 Å². The first-order chi connectivity index (χ1) is 10.0. The van der Waals surface area contributed by atoms with Crippen LogP contribution in [-0.4, -0.2) is 63.8 Å². The second kappa shape index (κ2) is 6.58. The third-order valence-electron chi connectivity index (χ3n) is 3.49. The zero-order valence-corrected chi connectivity index (χ0v) is 12.5. The zero-order valence-electron chi connectivity index (χ0n) is 12.5. The van der Waals surface area contributed by atoms with E-state index in [1.165, 1.54) is 12.0 Å². The van der Waals surface area contributed by atoms with E-state index in [0.717, 1.165) is 5.69 Å². The Hall–Kier alpha value is -2.08. The first-order valence-electron chi connectivity index (χ1n) is 6.78. The van der Waals surface area contributed by atoms with E-state index in [0.29, 0.717) is 18.7 Å². The predicted molar refractivity (Wildman–Crippen MR) is 78.4 cm³/mol. The minimum atomic E-state index is -0.676. The van der Waals surface area contributed by atoms with Crippen LogP contribution in [0.25, 0.3) is 0 Å². The van der Waals surface area contributed by atoms with Crippen molar-refractivity contribution in [2.45, 2.75) is 6.04 Å². The van der Waals surface area contributed by atoms with Gasteiger partial charge in [0.1, 0.15) is 0 Å². The predicted octanol–water partition coefficient (Wildman–Crippen LogP) is 0.767. The van der Waals surface area contributed by atoms with Gasteiger partial charge in [-0.05, 0) is 24.3 Å². The maximum Gasteiger partial charge on any atom is 0.331 e. The van der Waals surface area contributed by atoms with Gasteiger partial charge in [-0.25, -0.2) is 4.79 Å². The molecule has 21 heavy (non-hydrogen) atoms. The lowest BCUT2D eigenvalue weighted by molar-refractivity contribution is -0.151. The van der Waals surface area contributed by atoms with Gasteiger partial charge in [-0.15, -0.1) is 0 Å². The highest BCUT2D eigenvalue weighted by atomic mass is 16.5. The first kappa shape index (κ1) is 15.3. The Morgan fingerprint density at radius 2 is 1.95 bits per heavy atom. The van der Waals surface area contributed by atoms with Crippen molar-refractivity contribution in [3.8, 4) is 0 Å². The van der Waals surface area contributed by atoms with Crippen molar-refractivity contribution >= 4 is 17.6 Å². The van der Waals surface area contributed by atoms with Crippen LogP contribution in [0.5, 0.6) is 0 Å². The fraction of sp³-hybridized carbons (Fsp3) is 0.467. The van der Waals surface area contributed by atoms with E-state index in [9.17, 15) is 9.59 Å². The lowest BCUT2D eigenvalue weighted by Crippen LogP contribution is -2.53. The molecule has 1 unspecified atom stereocenters. The number of carbonyl (C=O) groups is 2. The van der Waals surface area contributed by atoms with Gasteiger partial charge >= 0.3 is 5.97 Å². The smallest absolute Gasteiger partial charge is 0.331 e. The molecule has 0 bridgehead atoms. The Labute approximate surface area is 124 Å². The van der Waals surface area contributed by atoms with Crippen molar-refractivity contribution in [1.82, 2.24) is 4.90 Å². The molecule has 2 rings (SSSR count). The molecule has 0 saturated carbocycles. The third kappa shape index (κ3) is 3.33. The Bertz CT molecular complexity index is 513. The van der Waals surface area contributed by atoms with Gasteiger partial charge in [-0.2, -0.15) is 0 Å². The number of benzene rings is 1. The molecular weight excluding hydrogens is 272 g/mol. The summed E-state index contributed by atoms with van der Waals surface area (Å²) >= 11 is 0. The third-order valence-corrected chi connectivity index (χ3v) is 3.49. The van der Waals surface area contributed by atoms with E-state index in [-0.39, 0.29) is 12.5 Å². The number of esters is 1. The number of amides is 1. The summed E-state index contributed by atoms with van der Waals surface area (Å²) in [6, 6.07) is 6.61. The monoisotopic (exact) mass is 292 g/mol. The van der Waals surface area contributed by atoms with Crippen LogP contribution < -0.4 is 4.90 Å². The van der Waals surface area contributed by atoms with Crippen molar-refractivity contribution in [2.75, 3.05) is 45.9 Å². The number of methoxy groups -OCH3 is 1. The lowest BCUT2D eigenvalue weighted by atomic mass is 10.1. The number of carbonyl (C=O) groups excluding carboxylic acids is 2. The molecule has 1 aromatic rings. The largest absolute Gasteiger partial charge is 0.467 e. The summed E-state index contributed by atoms with van der Waals surface area (Å²) < 4.78 is 10.0. The average molecular weight is 292 g/mol. The fourth-order valence-corrected chi connectivity index (χ4v) is 2.25. The van der Waals surface area contributed by atoms with Crippen molar-refractivity contribution in [3.05, 3.63) is 29.8 Å². The normalized spacial score (nSPS) is 18.2. The molecule has 1 fully saturated rings. The summed E-state index contributed by atoms with van der Waals surface area (Å²) in [6.45, 7) is 0.983. The van der Waals surface area contributed by atoms with E-state index in [2.05, 4.69) is 0 Å². The van der Waals surface area contributed by atoms with Crippen LogP contribution in [0.3, 0.4) is 0 Å². The van der Waals surface area contributed by atoms with E-state index in [4.69, 9.17) is 9.47 Å². The molecule has 114 valence electrons. The summed E-state index contributed by atoms with van der Waals surface area (Å²) in [5, 5.41) is 0. The molecule has 1 heterocycles. The van der Waals surface area contributed by atoms with Gasteiger partial charge in [-0.1, -0.05) is 0 Å². The molecule has 0 aliphatic carbocycles. The minimum absolute atomic E-state index is 0.175. The van der Waals surface area contributed by atoms with Crippen molar-refractivity contribution in [1.29, 1.82) is 0 Å². The molecule has 1 aromatic carbocycles. The molecule has 0 N–H and O–H groups in total. The van der Waals surface area contributed by atoms with E-state index >= 15 is 0 Å². The van der Waals surface area contributed by atoms with E-state index < -0.39 is 12.0 Å². The summed E-state index contributed by atoms with van der Waals surface area (Å²) in [5.41, 5.74) is 1.56. The second-order valence-electron chi connectivity index (χ2n) is 5.05. The molecular formula is C15H20N2O4. The van der Waals surface area contributed by atoms with Gasteiger partial charge in [0.05, 0.1) is 20.3 Å². The maximum atomic E-state index is 12.6. The number of hydrogen-bond acceptors (Lipinski definition) is 5. The van der Waals surface area contributed by atoms with Crippen LogP contribution in [0.15, 0.2) is 24.3 Å². The van der Waals surface area contributed by atoms with Crippen LogP contribution in [0, 0.1) is 0 Å². The van der Waals surface area contributed by atoms with Gasteiger partial charge in [-0.3, -0.25) is 4.79 Å². The number of morpholine rings is 1. The van der Waals surface area contributed by atoms with Crippen molar-refractivity contribution in [3.63, 3.8) is 0 Å². The topological polar surface area (TPSA) is 59.1 Å². The van der Waals surface area contributed by atoms with Crippen LogP contribution in [-0.2, 0) is 14.3 Å². The Morgan fingerprint density at radius 3 is 2.52 bits per heavy atom. The average Bonchev–Trinajstić information content (AvgIpc) is 2.53. The SMILES string of the molecule is COC(=O)C1COCCN1C(=O)c1ccc(N(C)C)cc1. The Morgan fingerprint density at radius 1 is 1.29 bits per heavy atom. The summed E-state index contributed by atoms with van der Waals surface area (Å²) in [4.78, 5) is 27.8. The van der Waals surface area contributed by atoms with Gasteiger partial charge < -0.3 is 19.3 Å². The maximum absolute atomic E-state index is 12.6. The van der Waals surface area contributed by atoms with E-state index in [1.807, 2.05) is 31.1 Å². The number of hydrogen-bond donors (Lipinski definition) is 0. The van der Waals surface area contributed by atoms with Gasteiger partial charge in [0.15, 0.2) is 6.04 Å². The lowest BCUT2D eigenvalue weighted by Gasteiger charge is -2.33. The quantitative estimate of drug-likeness (QED) is 0.770. The van der Waals surface area contributed by atoms with Gasteiger partial charge in [0, 0.05) is 31.9 Å². The molecule has 1 amide bonds. The van der Waals surface area contributed by atoms with Gasteiger partial charge in [0.25, 0.3) is 5.91 Å². The number of nitrogens with zero attached hydrogens (tertiary/aromatic N) is 2. The summed E-state index contributed by atoms with van der Waals surface area (Å²) in [5.74, 6) is -0.632.